The Morgan fingerprint density at radius 2 is 2.00 bits per heavy atom. The summed E-state index contributed by atoms with van der Waals surface area (Å²) in [6.07, 6.45) is 1.89. The number of nitrogens with zero attached hydrogens (tertiary/aromatic N) is 5. The Labute approximate surface area is 139 Å². The van der Waals surface area contributed by atoms with E-state index in [1.54, 1.807) is 23.2 Å². The van der Waals surface area contributed by atoms with Crippen LogP contribution < -0.4 is 11.1 Å². The SMILES string of the molecule is CCCC1N=NC(=S)N1NCc1ccc2c(c1)n(C)c(=O)n2C. The molecule has 1 aromatic carbocycles. The van der Waals surface area contributed by atoms with Crippen molar-refractivity contribution in [2.45, 2.75) is 32.5 Å². The van der Waals surface area contributed by atoms with Crippen LogP contribution in [-0.2, 0) is 20.6 Å². The number of benzene rings is 1. The quantitative estimate of drug-likeness (QED) is 0.851. The molecule has 1 unspecified atom stereocenters. The zero-order valence-corrected chi connectivity index (χ0v) is 14.3. The molecule has 1 aliphatic rings. The first-order chi connectivity index (χ1) is 11.0. The van der Waals surface area contributed by atoms with Gasteiger partial charge in [-0.15, -0.1) is 5.11 Å². The van der Waals surface area contributed by atoms with Gasteiger partial charge < -0.3 is 0 Å². The van der Waals surface area contributed by atoms with Gasteiger partial charge in [-0.2, -0.15) is 5.11 Å². The Hall–Kier alpha value is -2.06. The van der Waals surface area contributed by atoms with Gasteiger partial charge in [-0.25, -0.2) is 10.2 Å². The van der Waals surface area contributed by atoms with Crippen LogP contribution in [0.1, 0.15) is 25.3 Å². The van der Waals surface area contributed by atoms with Crippen LogP contribution in [0.4, 0.5) is 0 Å². The highest BCUT2D eigenvalue weighted by Gasteiger charge is 2.25. The fourth-order valence-electron chi connectivity index (χ4n) is 2.80. The van der Waals surface area contributed by atoms with Crippen LogP contribution in [0.2, 0.25) is 0 Å². The first-order valence-electron chi connectivity index (χ1n) is 7.64. The molecule has 0 fully saturated rings. The van der Waals surface area contributed by atoms with Crippen molar-refractivity contribution in [1.29, 1.82) is 0 Å². The lowest BCUT2D eigenvalue weighted by molar-refractivity contribution is 0.235. The highest BCUT2D eigenvalue weighted by atomic mass is 32.1. The molecule has 1 aromatic heterocycles. The maximum absolute atomic E-state index is 12.0. The molecular weight excluding hydrogens is 312 g/mol. The molecule has 122 valence electrons. The third kappa shape index (κ3) is 2.79. The summed E-state index contributed by atoms with van der Waals surface area (Å²) in [7, 11) is 3.57. The number of nitrogens with one attached hydrogen (secondary N) is 1. The molecule has 0 saturated heterocycles. The molecular formula is C15H20N6OS. The van der Waals surface area contributed by atoms with E-state index < -0.39 is 0 Å². The predicted molar refractivity (Wildman–Crippen MR) is 93.0 cm³/mol. The topological polar surface area (TPSA) is 66.9 Å². The zero-order chi connectivity index (χ0) is 16.6. The van der Waals surface area contributed by atoms with Gasteiger partial charge in [0.25, 0.3) is 0 Å². The van der Waals surface area contributed by atoms with Crippen molar-refractivity contribution < 1.29 is 0 Å². The summed E-state index contributed by atoms with van der Waals surface area (Å²) in [6, 6.07) is 6.00. The molecule has 2 aromatic rings. The van der Waals surface area contributed by atoms with Gasteiger partial charge in [-0.3, -0.25) is 14.1 Å². The molecule has 0 amide bonds. The summed E-state index contributed by atoms with van der Waals surface area (Å²) in [5.41, 5.74) is 6.19. The second-order valence-electron chi connectivity index (χ2n) is 5.70. The van der Waals surface area contributed by atoms with Gasteiger partial charge in [-0.05, 0) is 36.3 Å². The summed E-state index contributed by atoms with van der Waals surface area (Å²) in [6.45, 7) is 2.71. The van der Waals surface area contributed by atoms with Crippen LogP contribution >= 0.6 is 12.2 Å². The van der Waals surface area contributed by atoms with Gasteiger partial charge >= 0.3 is 5.69 Å². The van der Waals surface area contributed by atoms with E-state index in [4.69, 9.17) is 12.2 Å². The highest BCUT2D eigenvalue weighted by molar-refractivity contribution is 7.80. The van der Waals surface area contributed by atoms with E-state index in [2.05, 4.69) is 22.6 Å². The molecule has 7 nitrogen and oxygen atoms in total. The van der Waals surface area contributed by atoms with Crippen molar-refractivity contribution in [1.82, 2.24) is 19.6 Å². The van der Waals surface area contributed by atoms with Gasteiger partial charge in [0.05, 0.1) is 11.0 Å². The van der Waals surface area contributed by atoms with Crippen LogP contribution in [0.15, 0.2) is 33.2 Å². The number of hydrazine groups is 1. The van der Waals surface area contributed by atoms with E-state index in [9.17, 15) is 4.79 Å². The summed E-state index contributed by atoms with van der Waals surface area (Å²) >= 11 is 5.22. The van der Waals surface area contributed by atoms with Crippen LogP contribution in [0, 0.1) is 0 Å². The molecule has 0 bridgehead atoms. The van der Waals surface area contributed by atoms with Crippen molar-refractivity contribution in [3.05, 3.63) is 34.2 Å². The molecule has 3 rings (SSSR count). The monoisotopic (exact) mass is 332 g/mol. The molecule has 8 heteroatoms. The average Bonchev–Trinajstić information content (AvgIpc) is 3.00. The first kappa shape index (κ1) is 15.8. The van der Waals surface area contributed by atoms with Crippen LogP contribution in [-0.4, -0.2) is 25.4 Å². The molecule has 0 aliphatic carbocycles. The number of imidazole rings is 1. The van der Waals surface area contributed by atoms with E-state index >= 15 is 0 Å². The maximum atomic E-state index is 12.0. The summed E-state index contributed by atoms with van der Waals surface area (Å²) in [5.74, 6) is 0. The molecule has 2 heterocycles. The van der Waals surface area contributed by atoms with Crippen LogP contribution in [0.25, 0.3) is 11.0 Å². The van der Waals surface area contributed by atoms with E-state index in [0.29, 0.717) is 11.7 Å². The van der Waals surface area contributed by atoms with E-state index in [1.165, 1.54) is 0 Å². The number of rotatable bonds is 5. The second-order valence-corrected chi connectivity index (χ2v) is 6.06. The molecule has 0 radical (unpaired) electrons. The maximum Gasteiger partial charge on any atom is 0.328 e. The van der Waals surface area contributed by atoms with Crippen molar-refractivity contribution in [2.75, 3.05) is 0 Å². The number of hydrogen-bond acceptors (Lipinski definition) is 4. The minimum absolute atomic E-state index is 0.0218. The fourth-order valence-corrected chi connectivity index (χ4v) is 3.03. The number of azo groups is 1. The lowest BCUT2D eigenvalue weighted by Gasteiger charge is -2.23. The second kappa shape index (κ2) is 6.21. The largest absolute Gasteiger partial charge is 0.328 e. The van der Waals surface area contributed by atoms with Crippen molar-refractivity contribution >= 4 is 28.4 Å². The summed E-state index contributed by atoms with van der Waals surface area (Å²) in [4.78, 5) is 12.0. The Balaban J connectivity index is 1.78. The lowest BCUT2D eigenvalue weighted by Crippen LogP contribution is -2.43. The third-order valence-electron chi connectivity index (χ3n) is 4.12. The normalized spacial score (nSPS) is 17.6. The lowest BCUT2D eigenvalue weighted by atomic mass is 10.2. The molecule has 1 atom stereocenters. The number of aryl methyl sites for hydroxylation is 2. The van der Waals surface area contributed by atoms with Crippen molar-refractivity contribution in [3.8, 4) is 0 Å². The van der Waals surface area contributed by atoms with E-state index in [0.717, 1.165) is 29.4 Å². The van der Waals surface area contributed by atoms with Crippen LogP contribution in [0.5, 0.6) is 0 Å². The van der Waals surface area contributed by atoms with Gasteiger partial charge in [0.2, 0.25) is 5.11 Å². The number of aromatic nitrogens is 2. The van der Waals surface area contributed by atoms with Crippen molar-refractivity contribution in [3.63, 3.8) is 0 Å². The van der Waals surface area contributed by atoms with Gasteiger partial charge in [0, 0.05) is 20.6 Å². The Morgan fingerprint density at radius 3 is 2.74 bits per heavy atom. The van der Waals surface area contributed by atoms with Gasteiger partial charge in [0.15, 0.2) is 6.17 Å². The molecule has 0 spiro atoms. The minimum atomic E-state index is -0.0303. The molecule has 1 N–H and O–H groups in total. The zero-order valence-electron chi connectivity index (χ0n) is 13.5. The minimum Gasteiger partial charge on any atom is -0.295 e. The molecule has 0 saturated carbocycles. The number of fused-ring (bicyclic) bond motifs is 1. The Morgan fingerprint density at radius 1 is 1.26 bits per heavy atom. The molecule has 23 heavy (non-hydrogen) atoms. The number of hydrogen-bond donors (Lipinski definition) is 1. The average molecular weight is 332 g/mol. The fraction of sp³-hybridized carbons (Fsp3) is 0.467. The van der Waals surface area contributed by atoms with Gasteiger partial charge in [-0.1, -0.05) is 19.4 Å². The van der Waals surface area contributed by atoms with E-state index in [1.807, 2.05) is 23.2 Å². The summed E-state index contributed by atoms with van der Waals surface area (Å²) in [5, 5.41) is 10.5. The Bertz CT molecular complexity index is 836. The first-order valence-corrected chi connectivity index (χ1v) is 8.05. The summed E-state index contributed by atoms with van der Waals surface area (Å²) < 4.78 is 3.31. The number of thiocarbonyl (C=S) groups is 1. The highest BCUT2D eigenvalue weighted by Crippen LogP contribution is 2.17. The standard InChI is InChI=1S/C15H20N6OS/c1-4-5-13-17-18-14(23)21(13)16-9-10-6-7-11-12(8-10)20(3)15(22)19(11)2/h6-8,13,16H,4-5,9H2,1-3H3. The van der Waals surface area contributed by atoms with E-state index in [-0.39, 0.29) is 11.9 Å². The predicted octanol–water partition coefficient (Wildman–Crippen LogP) is 2.06. The third-order valence-corrected chi connectivity index (χ3v) is 4.40. The Kier molecular flexibility index (Phi) is 4.27. The van der Waals surface area contributed by atoms with Crippen molar-refractivity contribution in [2.24, 2.45) is 24.3 Å². The molecule has 1 aliphatic heterocycles. The smallest absolute Gasteiger partial charge is 0.295 e. The van der Waals surface area contributed by atoms with Gasteiger partial charge in [0.1, 0.15) is 0 Å². The van der Waals surface area contributed by atoms with Crippen LogP contribution in [0.3, 0.4) is 0 Å².